The van der Waals surface area contributed by atoms with Crippen LogP contribution in [-0.4, -0.2) is 33.9 Å². The van der Waals surface area contributed by atoms with E-state index in [-0.39, 0.29) is 6.04 Å². The molecule has 0 amide bonds. The number of nitrogens with zero attached hydrogens (tertiary/aromatic N) is 3. The fourth-order valence-corrected chi connectivity index (χ4v) is 2.30. The fourth-order valence-electron chi connectivity index (χ4n) is 2.30. The Hall–Kier alpha value is -1.52. The zero-order valence-electron chi connectivity index (χ0n) is 9.90. The number of hydrogen-bond acceptors (Lipinski definition) is 2. The van der Waals surface area contributed by atoms with Gasteiger partial charge in [-0.3, -0.25) is 4.99 Å². The highest BCUT2D eigenvalue weighted by Crippen LogP contribution is 2.29. The van der Waals surface area contributed by atoms with E-state index in [9.17, 15) is 0 Å². The zero-order valence-corrected chi connectivity index (χ0v) is 9.90. The van der Waals surface area contributed by atoms with Crippen molar-refractivity contribution in [3.05, 3.63) is 17.7 Å². The Morgan fingerprint density at radius 1 is 1.69 bits per heavy atom. The Labute approximate surface area is 95.8 Å². The summed E-state index contributed by atoms with van der Waals surface area (Å²) in [4.78, 5) is 14.0. The van der Waals surface area contributed by atoms with Gasteiger partial charge in [0.15, 0.2) is 5.96 Å². The maximum Gasteiger partial charge on any atom is 0.191 e. The first-order chi connectivity index (χ1) is 7.77. The van der Waals surface area contributed by atoms with Crippen LogP contribution >= 0.6 is 0 Å². The van der Waals surface area contributed by atoms with E-state index >= 15 is 0 Å². The number of rotatable bonds is 2. The molecule has 0 radical (unpaired) electrons. The molecule has 1 aliphatic rings. The number of hydrogen-bond donors (Lipinski definition) is 2. The molecule has 1 atom stereocenters. The van der Waals surface area contributed by atoms with Gasteiger partial charge in [-0.15, -0.1) is 0 Å². The van der Waals surface area contributed by atoms with Crippen molar-refractivity contribution in [2.45, 2.75) is 32.7 Å². The first kappa shape index (κ1) is 11.0. The van der Waals surface area contributed by atoms with Gasteiger partial charge in [-0.25, -0.2) is 4.98 Å². The quantitative estimate of drug-likeness (QED) is 0.579. The fraction of sp³-hybridized carbons (Fsp3) is 0.636. The molecule has 0 spiro atoms. The minimum Gasteiger partial charge on any atom is -0.370 e. The molecule has 0 fully saturated rings. The van der Waals surface area contributed by atoms with Crippen LogP contribution in [0.15, 0.2) is 11.3 Å². The van der Waals surface area contributed by atoms with Crippen molar-refractivity contribution >= 4 is 5.96 Å². The predicted octanol–water partition coefficient (Wildman–Crippen LogP) is 1.05. The van der Waals surface area contributed by atoms with Gasteiger partial charge in [0.25, 0.3) is 0 Å². The van der Waals surface area contributed by atoms with Crippen LogP contribution in [0.2, 0.25) is 0 Å². The first-order valence-corrected chi connectivity index (χ1v) is 5.86. The molecule has 0 aromatic carbocycles. The number of aromatic nitrogens is 2. The Morgan fingerprint density at radius 3 is 3.19 bits per heavy atom. The summed E-state index contributed by atoms with van der Waals surface area (Å²) in [7, 11) is 0. The van der Waals surface area contributed by atoms with Crippen LogP contribution in [0.1, 0.15) is 37.7 Å². The van der Waals surface area contributed by atoms with Crippen LogP contribution in [0.3, 0.4) is 0 Å². The minimum absolute atomic E-state index is 0.269. The van der Waals surface area contributed by atoms with Gasteiger partial charge in [-0.1, -0.05) is 6.92 Å². The van der Waals surface area contributed by atoms with Crippen LogP contribution in [0.5, 0.6) is 0 Å². The second-order valence-electron chi connectivity index (χ2n) is 3.97. The summed E-state index contributed by atoms with van der Waals surface area (Å²) in [6, 6.07) is 0.269. The minimum atomic E-state index is 0.269. The third kappa shape index (κ3) is 1.77. The molecule has 0 bridgehead atoms. The number of imidazole rings is 1. The van der Waals surface area contributed by atoms with E-state index in [1.54, 1.807) is 6.33 Å². The molecule has 5 heteroatoms. The van der Waals surface area contributed by atoms with E-state index < -0.39 is 0 Å². The summed E-state index contributed by atoms with van der Waals surface area (Å²) in [6.07, 6.45) is 3.73. The molecule has 0 saturated heterocycles. The molecule has 88 valence electrons. The molecule has 1 aromatic heterocycles. The molecule has 0 unspecified atom stereocenters. The molecular formula is C11H19N5. The van der Waals surface area contributed by atoms with Crippen LogP contribution in [-0.2, 0) is 6.42 Å². The van der Waals surface area contributed by atoms with Crippen molar-refractivity contribution < 1.29 is 0 Å². The number of nitrogens with one attached hydrogen (secondary N) is 1. The van der Waals surface area contributed by atoms with Crippen LogP contribution in [0.4, 0.5) is 0 Å². The molecule has 0 aliphatic carbocycles. The number of nitrogens with two attached hydrogens (primary N) is 1. The molecule has 2 rings (SSSR count). The van der Waals surface area contributed by atoms with Gasteiger partial charge in [0, 0.05) is 25.2 Å². The monoisotopic (exact) mass is 221 g/mol. The summed E-state index contributed by atoms with van der Waals surface area (Å²) in [5, 5.41) is 0. The van der Waals surface area contributed by atoms with E-state index in [2.05, 4.69) is 26.8 Å². The van der Waals surface area contributed by atoms with Gasteiger partial charge in [0.05, 0.1) is 18.1 Å². The standard InChI is InChI=1S/C11H19N5/c1-3-9-10-8(14-7-15-10)5-6-16(9)11(12)13-4-2/h7,9H,3-6H2,1-2H3,(H2,12,13)(H,14,15)/t9-/m0/s1. The lowest BCUT2D eigenvalue weighted by Gasteiger charge is -2.35. The van der Waals surface area contributed by atoms with E-state index in [0.717, 1.165) is 31.6 Å². The SMILES string of the molecule is CCN=C(N)N1CCc2[nH]cnc2[C@@H]1CC. The van der Waals surface area contributed by atoms with E-state index in [4.69, 9.17) is 5.73 Å². The highest BCUT2D eigenvalue weighted by molar-refractivity contribution is 5.78. The first-order valence-electron chi connectivity index (χ1n) is 5.86. The third-order valence-electron chi connectivity index (χ3n) is 3.05. The van der Waals surface area contributed by atoms with Crippen molar-refractivity contribution in [1.29, 1.82) is 0 Å². The van der Waals surface area contributed by atoms with Crippen molar-refractivity contribution in [2.75, 3.05) is 13.1 Å². The van der Waals surface area contributed by atoms with Crippen LogP contribution < -0.4 is 5.73 Å². The third-order valence-corrected chi connectivity index (χ3v) is 3.05. The van der Waals surface area contributed by atoms with Gasteiger partial charge in [0.2, 0.25) is 0 Å². The van der Waals surface area contributed by atoms with E-state index in [1.807, 2.05) is 6.92 Å². The topological polar surface area (TPSA) is 70.3 Å². The van der Waals surface area contributed by atoms with E-state index in [1.165, 1.54) is 5.69 Å². The highest BCUT2D eigenvalue weighted by Gasteiger charge is 2.29. The second-order valence-corrected chi connectivity index (χ2v) is 3.97. The Morgan fingerprint density at radius 2 is 2.50 bits per heavy atom. The average molecular weight is 221 g/mol. The summed E-state index contributed by atoms with van der Waals surface area (Å²) >= 11 is 0. The Balaban J connectivity index is 2.27. The normalized spacial score (nSPS) is 21.0. The lowest BCUT2D eigenvalue weighted by Crippen LogP contribution is -2.44. The Kier molecular flexibility index (Phi) is 3.12. The molecule has 1 aromatic rings. The van der Waals surface area contributed by atoms with Crippen molar-refractivity contribution in [3.63, 3.8) is 0 Å². The average Bonchev–Trinajstić information content (AvgIpc) is 2.75. The molecule has 1 aliphatic heterocycles. The maximum atomic E-state index is 5.99. The zero-order chi connectivity index (χ0) is 11.5. The van der Waals surface area contributed by atoms with Gasteiger partial charge in [0.1, 0.15) is 0 Å². The van der Waals surface area contributed by atoms with Gasteiger partial charge in [-0.05, 0) is 13.3 Å². The molecule has 2 heterocycles. The summed E-state index contributed by atoms with van der Waals surface area (Å²) < 4.78 is 0. The number of aromatic amines is 1. The van der Waals surface area contributed by atoms with Gasteiger partial charge < -0.3 is 15.6 Å². The maximum absolute atomic E-state index is 5.99. The molecule has 16 heavy (non-hydrogen) atoms. The van der Waals surface area contributed by atoms with Crippen LogP contribution in [0.25, 0.3) is 0 Å². The van der Waals surface area contributed by atoms with Gasteiger partial charge >= 0.3 is 0 Å². The largest absolute Gasteiger partial charge is 0.370 e. The summed E-state index contributed by atoms with van der Waals surface area (Å²) in [6.45, 7) is 5.80. The second kappa shape index (κ2) is 4.55. The highest BCUT2D eigenvalue weighted by atomic mass is 15.3. The number of aliphatic imine (C=N–C) groups is 1. The van der Waals surface area contributed by atoms with Crippen molar-refractivity contribution in [3.8, 4) is 0 Å². The lowest BCUT2D eigenvalue weighted by atomic mass is 10.0. The predicted molar refractivity (Wildman–Crippen MR) is 64.2 cm³/mol. The number of fused-ring (bicyclic) bond motifs is 1. The Bertz CT molecular complexity index is 381. The summed E-state index contributed by atoms with van der Waals surface area (Å²) in [5.41, 5.74) is 8.36. The summed E-state index contributed by atoms with van der Waals surface area (Å²) in [5.74, 6) is 0.642. The number of guanidine groups is 1. The molecule has 5 nitrogen and oxygen atoms in total. The van der Waals surface area contributed by atoms with Crippen molar-refractivity contribution in [1.82, 2.24) is 14.9 Å². The van der Waals surface area contributed by atoms with Crippen molar-refractivity contribution in [2.24, 2.45) is 10.7 Å². The molecule has 0 saturated carbocycles. The smallest absolute Gasteiger partial charge is 0.191 e. The molecule has 3 N–H and O–H groups in total. The van der Waals surface area contributed by atoms with E-state index in [0.29, 0.717) is 5.96 Å². The number of H-pyrrole nitrogens is 1. The molecular weight excluding hydrogens is 202 g/mol. The van der Waals surface area contributed by atoms with Gasteiger partial charge in [-0.2, -0.15) is 0 Å². The van der Waals surface area contributed by atoms with Crippen LogP contribution in [0, 0.1) is 0 Å². The lowest BCUT2D eigenvalue weighted by molar-refractivity contribution is 0.281.